The second kappa shape index (κ2) is 5.50. The molecule has 0 saturated carbocycles. The molecule has 0 aliphatic carbocycles. The molecule has 0 fully saturated rings. The van der Waals surface area contributed by atoms with E-state index in [1.54, 1.807) is 19.1 Å². The summed E-state index contributed by atoms with van der Waals surface area (Å²) in [5, 5.41) is 14.1. The van der Waals surface area contributed by atoms with Crippen LogP contribution in [0.15, 0.2) is 24.3 Å². The Morgan fingerprint density at radius 2 is 1.93 bits per heavy atom. The number of hydrogen-bond donors (Lipinski definition) is 2. The highest BCUT2D eigenvalue weighted by Gasteiger charge is 2.21. The van der Waals surface area contributed by atoms with Crippen molar-refractivity contribution >= 4 is 11.6 Å². The predicted octanol–water partition coefficient (Wildman–Crippen LogP) is 2.55. The summed E-state index contributed by atoms with van der Waals surface area (Å²) in [6.45, 7) is 5.38. The molecule has 0 spiro atoms. The summed E-state index contributed by atoms with van der Waals surface area (Å²) in [5.41, 5.74) is 0.0512. The van der Waals surface area contributed by atoms with Crippen LogP contribution in [-0.2, 0) is 5.60 Å². The number of rotatable bonds is 5. The van der Waals surface area contributed by atoms with E-state index in [-0.39, 0.29) is 0 Å². The number of aliphatic hydroxyl groups is 1. The summed E-state index contributed by atoms with van der Waals surface area (Å²) >= 11 is 5.79. The highest BCUT2D eigenvalue weighted by molar-refractivity contribution is 6.30. The molecule has 0 aromatic heterocycles. The summed E-state index contributed by atoms with van der Waals surface area (Å²) in [6, 6.07) is 7.31. The van der Waals surface area contributed by atoms with E-state index in [2.05, 4.69) is 12.2 Å². The first-order chi connectivity index (χ1) is 7.06. The Balaban J connectivity index is 2.63. The van der Waals surface area contributed by atoms with Gasteiger partial charge in [0.2, 0.25) is 0 Å². The van der Waals surface area contributed by atoms with Gasteiger partial charge in [0.15, 0.2) is 0 Å². The Hall–Kier alpha value is -0.570. The number of hydrogen-bond acceptors (Lipinski definition) is 2. The lowest BCUT2D eigenvalue weighted by Crippen LogP contribution is -2.35. The fourth-order valence-corrected chi connectivity index (χ4v) is 1.55. The maximum Gasteiger partial charge on any atom is 0.0992 e. The van der Waals surface area contributed by atoms with Crippen molar-refractivity contribution in [1.29, 1.82) is 0 Å². The standard InChI is InChI=1S/C12H18ClNO/c1-3-8-14-9-12(2,15)10-4-6-11(13)7-5-10/h4-7,14-15H,3,8-9H2,1-2H3. The molecular formula is C12H18ClNO. The molecule has 0 saturated heterocycles. The first-order valence-electron chi connectivity index (χ1n) is 5.25. The molecule has 0 heterocycles. The first-order valence-corrected chi connectivity index (χ1v) is 5.63. The van der Waals surface area contributed by atoms with Crippen LogP contribution in [-0.4, -0.2) is 18.2 Å². The van der Waals surface area contributed by atoms with Gasteiger partial charge in [0.05, 0.1) is 5.60 Å². The molecule has 1 atom stereocenters. The van der Waals surface area contributed by atoms with Crippen LogP contribution in [0.1, 0.15) is 25.8 Å². The molecule has 0 bridgehead atoms. The van der Waals surface area contributed by atoms with Crippen LogP contribution in [0.5, 0.6) is 0 Å². The largest absolute Gasteiger partial charge is 0.384 e. The van der Waals surface area contributed by atoms with Crippen molar-refractivity contribution in [3.8, 4) is 0 Å². The monoisotopic (exact) mass is 227 g/mol. The topological polar surface area (TPSA) is 32.3 Å². The maximum atomic E-state index is 10.2. The second-order valence-electron chi connectivity index (χ2n) is 3.96. The number of halogens is 1. The van der Waals surface area contributed by atoms with Gasteiger partial charge in [-0.3, -0.25) is 0 Å². The van der Waals surface area contributed by atoms with Gasteiger partial charge in [-0.2, -0.15) is 0 Å². The van der Waals surface area contributed by atoms with Crippen molar-refractivity contribution < 1.29 is 5.11 Å². The van der Waals surface area contributed by atoms with Crippen molar-refractivity contribution in [2.24, 2.45) is 0 Å². The molecule has 15 heavy (non-hydrogen) atoms. The third-order valence-corrected chi connectivity index (χ3v) is 2.61. The molecule has 0 aliphatic rings. The van der Waals surface area contributed by atoms with Gasteiger partial charge in [-0.25, -0.2) is 0 Å². The van der Waals surface area contributed by atoms with E-state index in [0.29, 0.717) is 11.6 Å². The zero-order valence-electron chi connectivity index (χ0n) is 9.26. The molecule has 1 aromatic carbocycles. The lowest BCUT2D eigenvalue weighted by Gasteiger charge is -2.24. The van der Waals surface area contributed by atoms with Gasteiger partial charge in [0.1, 0.15) is 0 Å². The molecule has 0 aliphatic heterocycles. The molecule has 2 N–H and O–H groups in total. The summed E-state index contributed by atoms with van der Waals surface area (Å²) in [7, 11) is 0. The van der Waals surface area contributed by atoms with Crippen molar-refractivity contribution in [3.63, 3.8) is 0 Å². The first kappa shape index (κ1) is 12.5. The zero-order chi connectivity index (χ0) is 11.3. The normalized spacial score (nSPS) is 14.9. The fraction of sp³-hybridized carbons (Fsp3) is 0.500. The van der Waals surface area contributed by atoms with Gasteiger partial charge in [0, 0.05) is 11.6 Å². The average Bonchev–Trinajstić information content (AvgIpc) is 2.18. The van der Waals surface area contributed by atoms with Gasteiger partial charge in [-0.05, 0) is 37.6 Å². The van der Waals surface area contributed by atoms with E-state index in [9.17, 15) is 5.11 Å². The molecule has 1 unspecified atom stereocenters. The van der Waals surface area contributed by atoms with Crippen molar-refractivity contribution in [2.45, 2.75) is 25.9 Å². The third-order valence-electron chi connectivity index (χ3n) is 2.36. The highest BCUT2D eigenvalue weighted by atomic mass is 35.5. The van der Waals surface area contributed by atoms with Crippen LogP contribution in [0.4, 0.5) is 0 Å². The highest BCUT2D eigenvalue weighted by Crippen LogP contribution is 2.21. The minimum atomic E-state index is -0.834. The molecule has 0 amide bonds. The van der Waals surface area contributed by atoms with Gasteiger partial charge in [0.25, 0.3) is 0 Å². The van der Waals surface area contributed by atoms with E-state index in [4.69, 9.17) is 11.6 Å². The van der Waals surface area contributed by atoms with Crippen molar-refractivity contribution in [2.75, 3.05) is 13.1 Å². The van der Waals surface area contributed by atoms with Crippen LogP contribution in [0.3, 0.4) is 0 Å². The lowest BCUT2D eigenvalue weighted by molar-refractivity contribution is 0.0572. The summed E-state index contributed by atoms with van der Waals surface area (Å²) in [5.74, 6) is 0. The van der Waals surface area contributed by atoms with E-state index in [1.165, 1.54) is 0 Å². The summed E-state index contributed by atoms with van der Waals surface area (Å²) < 4.78 is 0. The average molecular weight is 228 g/mol. The molecule has 1 rings (SSSR count). The molecule has 1 aromatic rings. The molecular weight excluding hydrogens is 210 g/mol. The maximum absolute atomic E-state index is 10.2. The third kappa shape index (κ3) is 3.82. The Labute approximate surface area is 96.3 Å². The van der Waals surface area contributed by atoms with Crippen LogP contribution in [0, 0.1) is 0 Å². The Bertz CT molecular complexity index is 295. The van der Waals surface area contributed by atoms with Gasteiger partial charge in [-0.15, -0.1) is 0 Å². The lowest BCUT2D eigenvalue weighted by atomic mass is 9.96. The van der Waals surface area contributed by atoms with E-state index >= 15 is 0 Å². The summed E-state index contributed by atoms with van der Waals surface area (Å²) in [6.07, 6.45) is 1.07. The molecule has 0 radical (unpaired) electrons. The van der Waals surface area contributed by atoms with Gasteiger partial charge < -0.3 is 10.4 Å². The smallest absolute Gasteiger partial charge is 0.0992 e. The molecule has 84 valence electrons. The number of nitrogens with one attached hydrogen (secondary N) is 1. The fourth-order valence-electron chi connectivity index (χ4n) is 1.42. The molecule has 2 nitrogen and oxygen atoms in total. The quantitative estimate of drug-likeness (QED) is 0.758. The molecule has 3 heteroatoms. The SMILES string of the molecule is CCCNCC(C)(O)c1ccc(Cl)cc1. The number of benzene rings is 1. The Morgan fingerprint density at radius 3 is 2.47 bits per heavy atom. The van der Waals surface area contributed by atoms with Crippen molar-refractivity contribution in [1.82, 2.24) is 5.32 Å². The van der Waals surface area contributed by atoms with Crippen LogP contribution in [0.2, 0.25) is 5.02 Å². The van der Waals surface area contributed by atoms with E-state index in [0.717, 1.165) is 18.5 Å². The van der Waals surface area contributed by atoms with E-state index < -0.39 is 5.60 Å². The van der Waals surface area contributed by atoms with Crippen LogP contribution >= 0.6 is 11.6 Å². The predicted molar refractivity (Wildman–Crippen MR) is 64.2 cm³/mol. The zero-order valence-corrected chi connectivity index (χ0v) is 10.0. The Kier molecular flexibility index (Phi) is 4.58. The minimum Gasteiger partial charge on any atom is -0.384 e. The van der Waals surface area contributed by atoms with E-state index in [1.807, 2.05) is 12.1 Å². The summed E-state index contributed by atoms with van der Waals surface area (Å²) in [4.78, 5) is 0. The van der Waals surface area contributed by atoms with Crippen LogP contribution < -0.4 is 5.32 Å². The minimum absolute atomic E-state index is 0.558. The van der Waals surface area contributed by atoms with Gasteiger partial charge in [-0.1, -0.05) is 30.7 Å². The van der Waals surface area contributed by atoms with Crippen LogP contribution in [0.25, 0.3) is 0 Å². The van der Waals surface area contributed by atoms with Crippen molar-refractivity contribution in [3.05, 3.63) is 34.9 Å². The van der Waals surface area contributed by atoms with Gasteiger partial charge >= 0.3 is 0 Å². The second-order valence-corrected chi connectivity index (χ2v) is 4.39. The Morgan fingerprint density at radius 1 is 1.33 bits per heavy atom.